The molecule has 6 atom stereocenters. The number of hydrogen-bond donors (Lipinski definition) is 9. The Hall–Kier alpha value is -4.33. The maximum absolute atomic E-state index is 13.3. The summed E-state index contributed by atoms with van der Waals surface area (Å²) in [4.78, 5) is 108. The van der Waals surface area contributed by atoms with Gasteiger partial charge in [-0.3, -0.25) is 38.4 Å². The fraction of sp³-hybridized carbons (Fsp3) is 0.577. The highest BCUT2D eigenvalue weighted by atomic mass is 33.1. The normalized spacial score (nSPS) is 26.1. The van der Waals surface area contributed by atoms with E-state index in [1.165, 1.54) is 26.4 Å². The molecular weight excluding hydrogens is 646 g/mol. The lowest BCUT2D eigenvalue weighted by Crippen LogP contribution is -2.60. The van der Waals surface area contributed by atoms with E-state index in [9.17, 15) is 43.5 Å². The lowest BCUT2D eigenvalue weighted by Gasteiger charge is -2.28. The first-order valence-electron chi connectivity index (χ1n) is 14.1. The van der Waals surface area contributed by atoms with Crippen LogP contribution in [0.25, 0.3) is 0 Å². The minimum atomic E-state index is -1.64. The molecule has 10 N–H and O–H groups in total. The number of rotatable bonds is 7. The van der Waals surface area contributed by atoms with Crippen LogP contribution in [0.2, 0.25) is 0 Å². The summed E-state index contributed by atoms with van der Waals surface area (Å²) >= 11 is 0. The highest BCUT2D eigenvalue weighted by molar-refractivity contribution is 8.76. The number of carbonyl (C=O) groups is 8. The average Bonchev–Trinajstić information content (AvgIpc) is 3.47. The molecule has 0 radical (unpaired) electrons. The van der Waals surface area contributed by atoms with Crippen molar-refractivity contribution in [2.75, 3.05) is 11.5 Å². The van der Waals surface area contributed by atoms with Crippen LogP contribution in [0.4, 0.5) is 0 Å². The minimum absolute atomic E-state index is 0.0407. The van der Waals surface area contributed by atoms with Gasteiger partial charge in [0, 0.05) is 36.7 Å². The quantitative estimate of drug-likeness (QED) is 0.129. The number of carboxylic acid groups (broad SMARTS) is 1. The fourth-order valence-corrected chi connectivity index (χ4v) is 6.40. The van der Waals surface area contributed by atoms with E-state index in [2.05, 4.69) is 41.9 Å². The van der Waals surface area contributed by atoms with Crippen molar-refractivity contribution in [2.45, 2.75) is 76.8 Å². The molecule has 20 heteroatoms. The maximum atomic E-state index is 13.3. The summed E-state index contributed by atoms with van der Waals surface area (Å²) in [7, 11) is 2.08. The molecule has 254 valence electrons. The Labute approximate surface area is 272 Å². The second kappa shape index (κ2) is 18.0. The number of nitrogens with two attached hydrogens (primary N) is 1. The van der Waals surface area contributed by atoms with Gasteiger partial charge < -0.3 is 47.7 Å². The van der Waals surface area contributed by atoms with Crippen LogP contribution in [0.15, 0.2) is 12.5 Å². The Kier molecular flexibility index (Phi) is 14.8. The van der Waals surface area contributed by atoms with Gasteiger partial charge >= 0.3 is 5.97 Å². The Morgan fingerprint density at radius 3 is 2.13 bits per heavy atom. The zero-order valence-corrected chi connectivity index (χ0v) is 27.2. The molecule has 1 saturated heterocycles. The molecule has 0 bridgehead atoms. The summed E-state index contributed by atoms with van der Waals surface area (Å²) in [5, 5.41) is 24.1. The van der Waals surface area contributed by atoms with Crippen LogP contribution in [-0.4, -0.2) is 110 Å². The molecule has 1 fully saturated rings. The SMILES string of the molecule is CC(=O)N[C@H]1CSSC[C@@H](C(N)=O)NC(=O)[C@H](CC(=O)O)NC(=O)[C@H](C(C)C)NC(=O)[C@H](C)NC(=O)[C@H](Cc2cnc[nH]2)NC1=O. The number of carbonyl (C=O) groups excluding carboxylic acids is 7. The fourth-order valence-electron chi connectivity index (χ4n) is 4.06. The third-order valence-electron chi connectivity index (χ3n) is 6.53. The van der Waals surface area contributed by atoms with E-state index >= 15 is 0 Å². The molecule has 0 aromatic carbocycles. The van der Waals surface area contributed by atoms with Gasteiger partial charge in [-0.1, -0.05) is 35.4 Å². The van der Waals surface area contributed by atoms with Crippen LogP contribution in [-0.2, 0) is 44.8 Å². The van der Waals surface area contributed by atoms with E-state index in [0.717, 1.165) is 21.6 Å². The number of carboxylic acids is 1. The number of primary amides is 1. The first-order valence-corrected chi connectivity index (χ1v) is 16.6. The molecule has 18 nitrogen and oxygen atoms in total. The highest BCUT2D eigenvalue weighted by Crippen LogP contribution is 2.23. The summed E-state index contributed by atoms with van der Waals surface area (Å²) < 4.78 is 0. The van der Waals surface area contributed by atoms with Crippen molar-refractivity contribution in [1.29, 1.82) is 0 Å². The summed E-state index contributed by atoms with van der Waals surface area (Å²) in [5.41, 5.74) is 5.94. The number of nitrogens with one attached hydrogen (secondary N) is 7. The minimum Gasteiger partial charge on any atom is -0.481 e. The van der Waals surface area contributed by atoms with Gasteiger partial charge in [-0.2, -0.15) is 0 Å². The van der Waals surface area contributed by atoms with Crippen molar-refractivity contribution in [3.05, 3.63) is 18.2 Å². The molecule has 1 aliphatic rings. The van der Waals surface area contributed by atoms with Crippen LogP contribution in [0.5, 0.6) is 0 Å². The number of aromatic nitrogens is 2. The molecule has 0 spiro atoms. The summed E-state index contributed by atoms with van der Waals surface area (Å²) in [6, 6.07) is -7.79. The van der Waals surface area contributed by atoms with E-state index in [0.29, 0.717) is 5.69 Å². The van der Waals surface area contributed by atoms with Gasteiger partial charge in [0.05, 0.1) is 12.7 Å². The number of imidazole rings is 1. The van der Waals surface area contributed by atoms with Crippen molar-refractivity contribution in [2.24, 2.45) is 11.7 Å². The second-order valence-corrected chi connectivity index (χ2v) is 13.3. The van der Waals surface area contributed by atoms with E-state index < -0.39 is 95.9 Å². The molecule has 0 unspecified atom stereocenters. The Balaban J connectivity index is 2.46. The lowest BCUT2D eigenvalue weighted by atomic mass is 10.0. The zero-order chi connectivity index (χ0) is 34.6. The van der Waals surface area contributed by atoms with E-state index in [1.807, 2.05) is 0 Å². The average molecular weight is 686 g/mol. The monoisotopic (exact) mass is 685 g/mol. The third kappa shape index (κ3) is 12.2. The number of hydrogen-bond acceptors (Lipinski definition) is 11. The third-order valence-corrected chi connectivity index (χ3v) is 8.95. The molecule has 0 saturated carbocycles. The van der Waals surface area contributed by atoms with Gasteiger partial charge in [0.2, 0.25) is 41.4 Å². The van der Waals surface area contributed by atoms with E-state index in [1.54, 1.807) is 13.8 Å². The second-order valence-electron chi connectivity index (χ2n) is 10.7. The predicted octanol–water partition coefficient (Wildman–Crippen LogP) is -3.09. The summed E-state index contributed by atoms with van der Waals surface area (Å²) in [6.07, 6.45) is 1.93. The summed E-state index contributed by atoms with van der Waals surface area (Å²) in [6.45, 7) is 5.74. The highest BCUT2D eigenvalue weighted by Gasteiger charge is 2.34. The smallest absolute Gasteiger partial charge is 0.305 e. The van der Waals surface area contributed by atoms with Crippen molar-refractivity contribution in [3.63, 3.8) is 0 Å². The van der Waals surface area contributed by atoms with Crippen LogP contribution in [0, 0.1) is 5.92 Å². The van der Waals surface area contributed by atoms with Gasteiger partial charge in [-0.25, -0.2) is 4.98 Å². The number of H-pyrrole nitrogens is 1. The molecule has 7 amide bonds. The molecule has 46 heavy (non-hydrogen) atoms. The molecule has 1 aliphatic heterocycles. The number of nitrogens with zero attached hydrogens (tertiary/aromatic N) is 1. The Morgan fingerprint density at radius 2 is 1.57 bits per heavy atom. The van der Waals surface area contributed by atoms with Gasteiger partial charge in [-0.15, -0.1) is 0 Å². The van der Waals surface area contributed by atoms with Crippen LogP contribution in [0.1, 0.15) is 39.8 Å². The van der Waals surface area contributed by atoms with Gasteiger partial charge in [0.1, 0.15) is 36.3 Å². The van der Waals surface area contributed by atoms with Crippen LogP contribution in [0.3, 0.4) is 0 Å². The van der Waals surface area contributed by atoms with Gasteiger partial charge in [0.15, 0.2) is 0 Å². The van der Waals surface area contributed by atoms with Gasteiger partial charge in [-0.05, 0) is 12.8 Å². The zero-order valence-electron chi connectivity index (χ0n) is 25.6. The molecule has 2 rings (SSSR count). The topological polar surface area (TPSA) is 284 Å². The van der Waals surface area contributed by atoms with E-state index in [-0.39, 0.29) is 17.9 Å². The maximum Gasteiger partial charge on any atom is 0.305 e. The van der Waals surface area contributed by atoms with Crippen molar-refractivity contribution >= 4 is 68.9 Å². The van der Waals surface area contributed by atoms with Crippen molar-refractivity contribution in [3.8, 4) is 0 Å². The van der Waals surface area contributed by atoms with Crippen molar-refractivity contribution < 1.29 is 43.5 Å². The number of amides is 7. The van der Waals surface area contributed by atoms with Crippen LogP contribution >= 0.6 is 21.6 Å². The first kappa shape index (κ1) is 37.9. The summed E-state index contributed by atoms with van der Waals surface area (Å²) in [5.74, 6) is -7.78. The van der Waals surface area contributed by atoms with Crippen LogP contribution < -0.4 is 37.6 Å². The first-order chi connectivity index (χ1) is 21.6. The predicted molar refractivity (Wildman–Crippen MR) is 166 cm³/mol. The molecule has 0 aliphatic carbocycles. The largest absolute Gasteiger partial charge is 0.481 e. The molecule has 2 heterocycles. The molecule has 1 aromatic heterocycles. The Morgan fingerprint density at radius 1 is 0.935 bits per heavy atom. The van der Waals surface area contributed by atoms with E-state index in [4.69, 9.17) is 5.73 Å². The number of aliphatic carboxylic acids is 1. The van der Waals surface area contributed by atoms with Gasteiger partial charge in [0.25, 0.3) is 0 Å². The standard InChI is InChI=1S/C26H39N9O9S2/c1-11(2)20-26(44)33-16(6-19(37)38)24(42)34-17(21(27)39)8-45-46-9-18(31-13(4)36)25(43)32-15(5-14-7-28-10-29-14)23(41)30-12(3)22(40)35-20/h7,10-12,15-18,20H,5-6,8-9H2,1-4H3,(H2,27,39)(H,28,29)(H,30,41)(H,31,36)(H,32,43)(H,33,44)(H,34,42)(H,35,40)(H,37,38)/t12-,15-,16-,17-,18-,20-/m0/s1. The molecule has 1 aromatic rings. The number of aromatic amines is 1. The Bertz CT molecular complexity index is 1300. The van der Waals surface area contributed by atoms with Crippen molar-refractivity contribution in [1.82, 2.24) is 41.9 Å². The molecular formula is C26H39N9O9S2. The lowest BCUT2D eigenvalue weighted by molar-refractivity contribution is -0.141.